The van der Waals surface area contributed by atoms with E-state index in [1.165, 1.54) is 25.9 Å². The average molecular weight is 213 g/mol. The van der Waals surface area contributed by atoms with Crippen LogP contribution in [0.3, 0.4) is 0 Å². The molecule has 1 aliphatic rings. The van der Waals surface area contributed by atoms with Gasteiger partial charge in [-0.3, -0.25) is 0 Å². The molecule has 1 rings (SSSR count). The highest BCUT2D eigenvalue weighted by Crippen LogP contribution is 2.31. The summed E-state index contributed by atoms with van der Waals surface area (Å²) in [7, 11) is 0. The zero-order valence-corrected chi connectivity index (χ0v) is 10.8. The molecule has 1 unspecified atom stereocenters. The maximum absolute atomic E-state index is 9.42. The predicted octanol–water partition coefficient (Wildman–Crippen LogP) is 2.52. The second-order valence-corrected chi connectivity index (χ2v) is 6.30. The molecule has 15 heavy (non-hydrogen) atoms. The normalized spacial score (nSPS) is 26.2. The van der Waals surface area contributed by atoms with Crippen molar-refractivity contribution in [2.24, 2.45) is 10.8 Å². The predicted molar refractivity (Wildman–Crippen MR) is 64.9 cm³/mol. The number of nitrogens with zero attached hydrogens (tertiary/aromatic N) is 1. The van der Waals surface area contributed by atoms with Gasteiger partial charge in [-0.2, -0.15) is 0 Å². The Hall–Kier alpha value is -0.0800. The number of aliphatic hydroxyl groups excluding tert-OH is 1. The summed E-state index contributed by atoms with van der Waals surface area (Å²) in [6.45, 7) is 12.8. The lowest BCUT2D eigenvalue weighted by Gasteiger charge is -2.42. The Morgan fingerprint density at radius 2 is 2.07 bits per heavy atom. The van der Waals surface area contributed by atoms with Gasteiger partial charge in [0.25, 0.3) is 0 Å². The number of likely N-dealkylation sites (tertiary alicyclic amines) is 1. The van der Waals surface area contributed by atoms with E-state index in [9.17, 15) is 5.11 Å². The average Bonchev–Trinajstić information content (AvgIpc) is 2.16. The zero-order valence-electron chi connectivity index (χ0n) is 10.8. The summed E-state index contributed by atoms with van der Waals surface area (Å²) in [5.41, 5.74) is 0.551. The minimum atomic E-state index is 0.0907. The minimum Gasteiger partial charge on any atom is -0.396 e. The van der Waals surface area contributed by atoms with E-state index in [4.69, 9.17) is 0 Å². The second kappa shape index (κ2) is 4.84. The Balaban J connectivity index is 2.51. The number of aliphatic hydroxyl groups is 1. The molecule has 1 fully saturated rings. The van der Waals surface area contributed by atoms with E-state index in [1.807, 2.05) is 0 Å². The molecule has 0 aliphatic carbocycles. The Morgan fingerprint density at radius 1 is 1.40 bits per heavy atom. The molecule has 0 spiro atoms. The van der Waals surface area contributed by atoms with Gasteiger partial charge >= 0.3 is 0 Å². The van der Waals surface area contributed by atoms with Crippen LogP contribution in [-0.2, 0) is 0 Å². The Labute approximate surface area is 94.7 Å². The van der Waals surface area contributed by atoms with Gasteiger partial charge in [0.2, 0.25) is 0 Å². The Bertz CT molecular complexity index is 197. The van der Waals surface area contributed by atoms with E-state index in [1.54, 1.807) is 0 Å². The topological polar surface area (TPSA) is 23.5 Å². The first-order valence-electron chi connectivity index (χ1n) is 6.24. The van der Waals surface area contributed by atoms with Crippen LogP contribution in [-0.4, -0.2) is 36.2 Å². The maximum atomic E-state index is 9.42. The monoisotopic (exact) mass is 213 g/mol. The van der Waals surface area contributed by atoms with Crippen LogP contribution >= 0.6 is 0 Å². The van der Waals surface area contributed by atoms with Crippen molar-refractivity contribution in [2.45, 2.75) is 47.0 Å². The quantitative estimate of drug-likeness (QED) is 0.775. The molecule has 0 aromatic rings. The summed E-state index contributed by atoms with van der Waals surface area (Å²) >= 11 is 0. The molecule has 0 saturated carbocycles. The van der Waals surface area contributed by atoms with Gasteiger partial charge in [0.15, 0.2) is 0 Å². The third-order valence-corrected chi connectivity index (χ3v) is 3.82. The van der Waals surface area contributed by atoms with Gasteiger partial charge in [-0.05, 0) is 31.2 Å². The lowest BCUT2D eigenvalue weighted by atomic mass is 9.81. The number of hydrogen-bond donors (Lipinski definition) is 1. The maximum Gasteiger partial charge on any atom is 0.0496 e. The van der Waals surface area contributed by atoms with Gasteiger partial charge in [-0.25, -0.2) is 0 Å². The summed E-state index contributed by atoms with van der Waals surface area (Å²) in [6.07, 6.45) is 3.70. The van der Waals surface area contributed by atoms with Gasteiger partial charge in [0.05, 0.1) is 0 Å². The van der Waals surface area contributed by atoms with Crippen LogP contribution in [0.15, 0.2) is 0 Å². The van der Waals surface area contributed by atoms with Crippen LogP contribution in [0.1, 0.15) is 47.0 Å². The van der Waals surface area contributed by atoms with Crippen molar-refractivity contribution in [3.8, 4) is 0 Å². The van der Waals surface area contributed by atoms with Crippen LogP contribution in [0.2, 0.25) is 0 Å². The Morgan fingerprint density at radius 3 is 2.53 bits per heavy atom. The van der Waals surface area contributed by atoms with Gasteiger partial charge in [0.1, 0.15) is 0 Å². The van der Waals surface area contributed by atoms with Crippen molar-refractivity contribution in [1.82, 2.24) is 4.90 Å². The van der Waals surface area contributed by atoms with Crippen molar-refractivity contribution in [1.29, 1.82) is 0 Å². The van der Waals surface area contributed by atoms with Gasteiger partial charge in [-0.1, -0.05) is 27.7 Å². The fraction of sp³-hybridized carbons (Fsp3) is 1.00. The lowest BCUT2D eigenvalue weighted by molar-refractivity contribution is 0.0425. The first kappa shape index (κ1) is 13.0. The molecule has 0 amide bonds. The molecule has 2 nitrogen and oxygen atoms in total. The highest BCUT2D eigenvalue weighted by atomic mass is 16.3. The van der Waals surface area contributed by atoms with Gasteiger partial charge < -0.3 is 10.0 Å². The SMILES string of the molecule is CCC(C)(CO)CN1CCCC(C)(C)C1. The lowest BCUT2D eigenvalue weighted by Crippen LogP contribution is -2.45. The van der Waals surface area contributed by atoms with Crippen molar-refractivity contribution in [3.63, 3.8) is 0 Å². The minimum absolute atomic E-state index is 0.0907. The van der Waals surface area contributed by atoms with Crippen molar-refractivity contribution in [3.05, 3.63) is 0 Å². The molecule has 2 heteroatoms. The Kier molecular flexibility index (Phi) is 4.19. The van der Waals surface area contributed by atoms with Crippen molar-refractivity contribution in [2.75, 3.05) is 26.2 Å². The third kappa shape index (κ3) is 3.76. The fourth-order valence-corrected chi connectivity index (χ4v) is 2.49. The third-order valence-electron chi connectivity index (χ3n) is 3.82. The smallest absolute Gasteiger partial charge is 0.0496 e. The first-order chi connectivity index (χ1) is 6.91. The van der Waals surface area contributed by atoms with Crippen LogP contribution in [0, 0.1) is 10.8 Å². The van der Waals surface area contributed by atoms with E-state index < -0.39 is 0 Å². The zero-order chi connectivity index (χ0) is 11.5. The molecule has 0 radical (unpaired) electrons. The molecule has 90 valence electrons. The van der Waals surface area contributed by atoms with E-state index in [2.05, 4.69) is 32.6 Å². The second-order valence-electron chi connectivity index (χ2n) is 6.30. The number of piperidine rings is 1. The van der Waals surface area contributed by atoms with Crippen LogP contribution in [0.4, 0.5) is 0 Å². The largest absolute Gasteiger partial charge is 0.396 e. The van der Waals surface area contributed by atoms with Crippen LogP contribution in [0.25, 0.3) is 0 Å². The molecule has 0 bridgehead atoms. The van der Waals surface area contributed by atoms with E-state index >= 15 is 0 Å². The van der Waals surface area contributed by atoms with E-state index in [0.717, 1.165) is 13.0 Å². The molecular formula is C13H27NO. The molecular weight excluding hydrogens is 186 g/mol. The standard InChI is InChI=1S/C13H27NO/c1-5-13(4,11-15)10-14-8-6-7-12(2,3)9-14/h15H,5-11H2,1-4H3. The molecule has 1 atom stereocenters. The fourth-order valence-electron chi connectivity index (χ4n) is 2.49. The first-order valence-corrected chi connectivity index (χ1v) is 6.24. The summed E-state index contributed by atoms with van der Waals surface area (Å²) in [5, 5.41) is 9.42. The molecule has 1 aliphatic heterocycles. The van der Waals surface area contributed by atoms with Crippen molar-refractivity contribution < 1.29 is 5.11 Å². The summed E-state index contributed by atoms with van der Waals surface area (Å²) in [5.74, 6) is 0. The highest BCUT2D eigenvalue weighted by Gasteiger charge is 2.31. The summed E-state index contributed by atoms with van der Waals surface area (Å²) in [4.78, 5) is 2.53. The molecule has 1 heterocycles. The highest BCUT2D eigenvalue weighted by molar-refractivity contribution is 4.84. The van der Waals surface area contributed by atoms with Crippen molar-refractivity contribution >= 4 is 0 Å². The molecule has 0 aromatic carbocycles. The van der Waals surface area contributed by atoms with Gasteiger partial charge in [0, 0.05) is 25.1 Å². The molecule has 1 N–H and O–H groups in total. The summed E-state index contributed by atoms with van der Waals surface area (Å²) in [6, 6.07) is 0. The molecule has 0 aromatic heterocycles. The van der Waals surface area contributed by atoms with E-state index in [0.29, 0.717) is 12.0 Å². The number of hydrogen-bond acceptors (Lipinski definition) is 2. The summed E-state index contributed by atoms with van der Waals surface area (Å²) < 4.78 is 0. The van der Waals surface area contributed by atoms with Crippen LogP contribution in [0.5, 0.6) is 0 Å². The van der Waals surface area contributed by atoms with Gasteiger partial charge in [-0.15, -0.1) is 0 Å². The number of rotatable bonds is 4. The van der Waals surface area contributed by atoms with E-state index in [-0.39, 0.29) is 5.41 Å². The van der Waals surface area contributed by atoms with Crippen LogP contribution < -0.4 is 0 Å². The molecule has 1 saturated heterocycles.